The van der Waals surface area contributed by atoms with Crippen molar-refractivity contribution in [3.63, 3.8) is 0 Å². The van der Waals surface area contributed by atoms with Crippen LogP contribution >= 0.6 is 0 Å². The number of methoxy groups -OCH3 is 1. The highest BCUT2D eigenvalue weighted by atomic mass is 16.5. The normalized spacial score (nSPS) is 24.1. The first kappa shape index (κ1) is 18.3. The smallest absolute Gasteiger partial charge is 0.295 e. The fourth-order valence-electron chi connectivity index (χ4n) is 3.72. The second-order valence-electron chi connectivity index (χ2n) is 6.83. The maximum Gasteiger partial charge on any atom is 0.295 e. The van der Waals surface area contributed by atoms with E-state index in [1.54, 1.807) is 43.5 Å². The molecule has 7 heteroatoms. The zero-order valence-corrected chi connectivity index (χ0v) is 15.5. The molecular formula is C21H21NO6. The summed E-state index contributed by atoms with van der Waals surface area (Å²) in [5.74, 6) is -0.581. The van der Waals surface area contributed by atoms with Crippen molar-refractivity contribution in [1.29, 1.82) is 0 Å². The summed E-state index contributed by atoms with van der Waals surface area (Å²) in [6, 6.07) is 9.23. The third kappa shape index (κ3) is 3.18. The molecule has 1 aromatic carbocycles. The van der Waals surface area contributed by atoms with Crippen molar-refractivity contribution < 1.29 is 28.6 Å². The van der Waals surface area contributed by atoms with E-state index in [-0.39, 0.29) is 24.0 Å². The molecule has 2 fully saturated rings. The number of Topliss-reactive ketones (excluding diaryl/α,β-unsaturated/α-hetero) is 1. The molecule has 0 aliphatic carbocycles. The van der Waals surface area contributed by atoms with Crippen LogP contribution in [-0.2, 0) is 14.3 Å². The highest BCUT2D eigenvalue weighted by Crippen LogP contribution is 2.40. The summed E-state index contributed by atoms with van der Waals surface area (Å²) in [7, 11) is 1.54. The molecule has 4 rings (SSSR count). The molecule has 1 aromatic heterocycles. The molecule has 2 unspecified atom stereocenters. The van der Waals surface area contributed by atoms with E-state index >= 15 is 0 Å². The number of benzene rings is 1. The Labute approximate surface area is 162 Å². The molecule has 3 heterocycles. The summed E-state index contributed by atoms with van der Waals surface area (Å²) in [4.78, 5) is 27.0. The van der Waals surface area contributed by atoms with E-state index in [9.17, 15) is 14.7 Å². The Balaban J connectivity index is 1.76. The van der Waals surface area contributed by atoms with Crippen molar-refractivity contribution >= 4 is 17.4 Å². The minimum atomic E-state index is -0.790. The van der Waals surface area contributed by atoms with E-state index in [0.29, 0.717) is 23.7 Å². The van der Waals surface area contributed by atoms with Gasteiger partial charge < -0.3 is 23.9 Å². The third-order valence-electron chi connectivity index (χ3n) is 5.14. The average Bonchev–Trinajstić information content (AvgIpc) is 3.46. The molecule has 1 amide bonds. The van der Waals surface area contributed by atoms with Crippen LogP contribution in [0.25, 0.3) is 5.76 Å². The monoisotopic (exact) mass is 383 g/mol. The Kier molecular flexibility index (Phi) is 4.92. The summed E-state index contributed by atoms with van der Waals surface area (Å²) in [5, 5.41) is 10.9. The molecule has 2 aliphatic heterocycles. The summed E-state index contributed by atoms with van der Waals surface area (Å²) in [6.07, 6.45) is 3.10. The molecule has 28 heavy (non-hydrogen) atoms. The van der Waals surface area contributed by atoms with Crippen LogP contribution in [-0.4, -0.2) is 48.1 Å². The van der Waals surface area contributed by atoms with Gasteiger partial charge in [-0.3, -0.25) is 9.59 Å². The van der Waals surface area contributed by atoms with Crippen LogP contribution in [0.3, 0.4) is 0 Å². The molecule has 0 saturated carbocycles. The van der Waals surface area contributed by atoms with Crippen LogP contribution in [0.5, 0.6) is 5.75 Å². The molecule has 2 saturated heterocycles. The van der Waals surface area contributed by atoms with Gasteiger partial charge in [0.25, 0.3) is 11.7 Å². The Hall–Kier alpha value is -3.06. The minimum Gasteiger partial charge on any atom is -0.507 e. The standard InChI is InChI=1S/C21H21NO6/c1-26-14-8-6-13(7-9-14)19(23)17-18(16-5-3-11-28-16)22(21(25)20(17)24)12-15-4-2-10-27-15/h3,5-9,11,15,18,23H,2,4,10,12H2,1H3/b19-17-. The number of aliphatic hydroxyl groups excluding tert-OH is 1. The van der Waals surface area contributed by atoms with Crippen molar-refractivity contribution in [2.75, 3.05) is 20.3 Å². The number of carbonyl (C=O) groups excluding carboxylic acids is 2. The van der Waals surface area contributed by atoms with Gasteiger partial charge in [-0.2, -0.15) is 0 Å². The van der Waals surface area contributed by atoms with Gasteiger partial charge in [0.15, 0.2) is 0 Å². The van der Waals surface area contributed by atoms with E-state index in [2.05, 4.69) is 0 Å². The fourth-order valence-corrected chi connectivity index (χ4v) is 3.72. The Bertz CT molecular complexity index is 893. The molecular weight excluding hydrogens is 362 g/mol. The number of rotatable bonds is 5. The van der Waals surface area contributed by atoms with Gasteiger partial charge in [0.1, 0.15) is 23.3 Å². The van der Waals surface area contributed by atoms with Gasteiger partial charge in [-0.15, -0.1) is 0 Å². The van der Waals surface area contributed by atoms with Crippen LogP contribution in [0.4, 0.5) is 0 Å². The van der Waals surface area contributed by atoms with Crippen LogP contribution < -0.4 is 4.74 Å². The predicted octanol–water partition coefficient (Wildman–Crippen LogP) is 2.89. The molecule has 146 valence electrons. The molecule has 0 spiro atoms. The summed E-state index contributed by atoms with van der Waals surface area (Å²) >= 11 is 0. The molecule has 0 radical (unpaired) electrons. The van der Waals surface area contributed by atoms with E-state index in [0.717, 1.165) is 12.8 Å². The van der Waals surface area contributed by atoms with Crippen molar-refractivity contribution in [1.82, 2.24) is 4.90 Å². The van der Waals surface area contributed by atoms with Crippen LogP contribution in [0.15, 0.2) is 52.7 Å². The van der Waals surface area contributed by atoms with Crippen LogP contribution in [0.1, 0.15) is 30.2 Å². The topological polar surface area (TPSA) is 89.2 Å². The van der Waals surface area contributed by atoms with Crippen LogP contribution in [0, 0.1) is 0 Å². The number of aliphatic hydroxyl groups is 1. The Morgan fingerprint density at radius 2 is 2.04 bits per heavy atom. The number of furan rings is 1. The van der Waals surface area contributed by atoms with E-state index in [4.69, 9.17) is 13.9 Å². The van der Waals surface area contributed by atoms with E-state index in [1.165, 1.54) is 11.2 Å². The summed E-state index contributed by atoms with van der Waals surface area (Å²) in [5.41, 5.74) is 0.440. The number of likely N-dealkylation sites (tertiary alicyclic amines) is 1. The van der Waals surface area contributed by atoms with Crippen molar-refractivity contribution in [2.45, 2.75) is 25.0 Å². The number of amides is 1. The van der Waals surface area contributed by atoms with E-state index < -0.39 is 17.7 Å². The number of ketones is 1. The largest absolute Gasteiger partial charge is 0.507 e. The lowest BCUT2D eigenvalue weighted by molar-refractivity contribution is -0.141. The third-order valence-corrected chi connectivity index (χ3v) is 5.14. The maximum atomic E-state index is 12.8. The van der Waals surface area contributed by atoms with Crippen molar-refractivity contribution in [3.8, 4) is 5.75 Å². The van der Waals surface area contributed by atoms with Gasteiger partial charge in [-0.05, 0) is 49.2 Å². The van der Waals surface area contributed by atoms with Gasteiger partial charge in [0.2, 0.25) is 0 Å². The molecule has 7 nitrogen and oxygen atoms in total. The number of ether oxygens (including phenoxy) is 2. The SMILES string of the molecule is COc1ccc(/C(O)=C2/C(=O)C(=O)N(CC3CCCO3)C2c2ccco2)cc1. The molecule has 2 aromatic rings. The summed E-state index contributed by atoms with van der Waals surface area (Å²) < 4.78 is 16.3. The first-order chi connectivity index (χ1) is 13.6. The second kappa shape index (κ2) is 7.52. The van der Waals surface area contributed by atoms with Gasteiger partial charge in [-0.25, -0.2) is 0 Å². The minimum absolute atomic E-state index is 0.0168. The summed E-state index contributed by atoms with van der Waals surface area (Å²) in [6.45, 7) is 0.918. The lowest BCUT2D eigenvalue weighted by Crippen LogP contribution is -2.36. The Morgan fingerprint density at radius 3 is 2.64 bits per heavy atom. The fraction of sp³-hybridized carbons (Fsp3) is 0.333. The van der Waals surface area contributed by atoms with Gasteiger partial charge in [0, 0.05) is 18.7 Å². The highest BCUT2D eigenvalue weighted by molar-refractivity contribution is 6.46. The lowest BCUT2D eigenvalue weighted by atomic mass is 9.99. The molecule has 0 bridgehead atoms. The average molecular weight is 383 g/mol. The zero-order chi connectivity index (χ0) is 19.7. The zero-order valence-electron chi connectivity index (χ0n) is 15.5. The molecule has 2 aliphatic rings. The second-order valence-corrected chi connectivity index (χ2v) is 6.83. The quantitative estimate of drug-likeness (QED) is 0.485. The molecule has 1 N–H and O–H groups in total. The van der Waals surface area contributed by atoms with Crippen molar-refractivity contribution in [3.05, 3.63) is 59.6 Å². The number of hydrogen-bond acceptors (Lipinski definition) is 6. The first-order valence-electron chi connectivity index (χ1n) is 9.18. The van der Waals surface area contributed by atoms with Gasteiger partial charge >= 0.3 is 0 Å². The lowest BCUT2D eigenvalue weighted by Gasteiger charge is -2.25. The van der Waals surface area contributed by atoms with Gasteiger partial charge in [-0.1, -0.05) is 0 Å². The Morgan fingerprint density at radius 1 is 1.25 bits per heavy atom. The predicted molar refractivity (Wildman–Crippen MR) is 99.7 cm³/mol. The number of hydrogen-bond donors (Lipinski definition) is 1. The van der Waals surface area contributed by atoms with Gasteiger partial charge in [0.05, 0.1) is 25.1 Å². The van der Waals surface area contributed by atoms with Crippen LogP contribution in [0.2, 0.25) is 0 Å². The number of carbonyl (C=O) groups is 2. The maximum absolute atomic E-state index is 12.8. The molecule has 2 atom stereocenters. The first-order valence-corrected chi connectivity index (χ1v) is 9.18. The highest BCUT2D eigenvalue weighted by Gasteiger charge is 2.48. The number of nitrogens with zero attached hydrogens (tertiary/aromatic N) is 1. The van der Waals surface area contributed by atoms with Crippen molar-refractivity contribution in [2.24, 2.45) is 0 Å². The van der Waals surface area contributed by atoms with E-state index in [1.807, 2.05) is 0 Å².